The molecule has 0 fully saturated rings. The van der Waals surface area contributed by atoms with Gasteiger partial charge in [0, 0.05) is 6.54 Å². The van der Waals surface area contributed by atoms with Gasteiger partial charge >= 0.3 is 12.2 Å². The maximum Gasteiger partial charge on any atom is 0.411 e. The summed E-state index contributed by atoms with van der Waals surface area (Å²) in [7, 11) is 0. The zero-order valence-corrected chi connectivity index (χ0v) is 20.5. The second-order valence-electron chi connectivity index (χ2n) is 9.05. The summed E-state index contributed by atoms with van der Waals surface area (Å²) in [6.07, 6.45) is -0.873. The number of nitrogens with two attached hydrogens (primary N) is 1. The molecule has 9 nitrogen and oxygen atoms in total. The highest BCUT2D eigenvalue weighted by atomic mass is 16.6. The van der Waals surface area contributed by atoms with Crippen molar-refractivity contribution in [2.75, 3.05) is 13.2 Å². The zero-order valence-electron chi connectivity index (χ0n) is 20.5. The predicted octanol–water partition coefficient (Wildman–Crippen LogP) is 3.52. The molecule has 0 unspecified atom stereocenters. The lowest BCUT2D eigenvalue weighted by molar-refractivity contribution is -0.125. The van der Waals surface area contributed by atoms with E-state index in [1.807, 2.05) is 36.4 Å². The Bertz CT molecular complexity index is 947. The van der Waals surface area contributed by atoms with Gasteiger partial charge in [0.1, 0.15) is 18.2 Å². The van der Waals surface area contributed by atoms with Gasteiger partial charge in [0.25, 0.3) is 0 Å². The van der Waals surface area contributed by atoms with Crippen LogP contribution < -0.4 is 11.1 Å². The fraction of sp³-hybridized carbons (Fsp3) is 0.423. The number of alkyl carbamates (subject to hydrolysis) is 1. The number of aliphatic hydroxyl groups excluding tert-OH is 1. The average molecular weight is 486 g/mol. The van der Waals surface area contributed by atoms with Crippen LogP contribution in [0.15, 0.2) is 60.7 Å². The number of carbonyl (C=O) groups excluding carboxylic acids is 3. The third-order valence-electron chi connectivity index (χ3n) is 5.10. The van der Waals surface area contributed by atoms with E-state index in [1.165, 1.54) is 4.90 Å². The Morgan fingerprint density at radius 3 is 2.17 bits per heavy atom. The monoisotopic (exact) mass is 485 g/mol. The van der Waals surface area contributed by atoms with Crippen LogP contribution in [-0.4, -0.2) is 52.9 Å². The van der Waals surface area contributed by atoms with Gasteiger partial charge in [-0.05, 0) is 44.7 Å². The van der Waals surface area contributed by atoms with Gasteiger partial charge in [0.05, 0.1) is 12.6 Å². The van der Waals surface area contributed by atoms with Gasteiger partial charge in [0.2, 0.25) is 5.91 Å². The summed E-state index contributed by atoms with van der Waals surface area (Å²) < 4.78 is 10.7. The molecule has 2 atom stereocenters. The Labute approximate surface area is 206 Å². The molecule has 190 valence electrons. The predicted molar refractivity (Wildman–Crippen MR) is 131 cm³/mol. The Morgan fingerprint density at radius 2 is 1.63 bits per heavy atom. The summed E-state index contributed by atoms with van der Waals surface area (Å²) in [5.74, 6) is -0.739. The number of amides is 3. The molecule has 0 heterocycles. The number of primary amides is 1. The fourth-order valence-corrected chi connectivity index (χ4v) is 3.49. The first-order valence-electron chi connectivity index (χ1n) is 11.5. The van der Waals surface area contributed by atoms with Crippen LogP contribution in [0.2, 0.25) is 0 Å². The summed E-state index contributed by atoms with van der Waals surface area (Å²) in [6.45, 7) is 5.04. The smallest absolute Gasteiger partial charge is 0.411 e. The Morgan fingerprint density at radius 1 is 1.03 bits per heavy atom. The molecular weight excluding hydrogens is 450 g/mol. The lowest BCUT2D eigenvalue weighted by Gasteiger charge is -2.37. The molecule has 35 heavy (non-hydrogen) atoms. The molecule has 3 amide bonds. The van der Waals surface area contributed by atoms with E-state index < -0.39 is 42.4 Å². The van der Waals surface area contributed by atoms with E-state index in [4.69, 9.17) is 15.2 Å². The fourth-order valence-electron chi connectivity index (χ4n) is 3.49. The molecule has 4 N–H and O–H groups in total. The number of nitrogens with one attached hydrogen (secondary N) is 1. The maximum absolute atomic E-state index is 13.1. The normalized spacial score (nSPS) is 12.8. The molecule has 0 aliphatic carbocycles. The Balaban J connectivity index is 2.06. The number of benzene rings is 2. The first-order chi connectivity index (χ1) is 16.6. The van der Waals surface area contributed by atoms with Crippen LogP contribution in [0.4, 0.5) is 9.59 Å². The minimum Gasteiger partial charge on any atom is -0.445 e. The topological polar surface area (TPSA) is 131 Å². The molecule has 0 saturated heterocycles. The first kappa shape index (κ1) is 27.7. The zero-order chi connectivity index (χ0) is 25.8. The van der Waals surface area contributed by atoms with Crippen LogP contribution in [0.1, 0.15) is 50.8 Å². The molecule has 0 radical (unpaired) electrons. The molecule has 0 bridgehead atoms. The summed E-state index contributed by atoms with van der Waals surface area (Å²) in [6, 6.07) is 16.2. The molecule has 0 spiro atoms. The summed E-state index contributed by atoms with van der Waals surface area (Å²) in [5.41, 5.74) is 6.36. The van der Waals surface area contributed by atoms with E-state index in [-0.39, 0.29) is 19.6 Å². The summed E-state index contributed by atoms with van der Waals surface area (Å²) >= 11 is 0. The van der Waals surface area contributed by atoms with Crippen LogP contribution in [0.25, 0.3) is 0 Å². The third-order valence-corrected chi connectivity index (χ3v) is 5.10. The van der Waals surface area contributed by atoms with E-state index in [2.05, 4.69) is 5.32 Å². The lowest BCUT2D eigenvalue weighted by Crippen LogP contribution is -2.52. The Hall–Kier alpha value is -3.59. The number of carbonyl (C=O) groups is 3. The highest BCUT2D eigenvalue weighted by molar-refractivity contribution is 5.84. The molecule has 0 aliphatic rings. The second-order valence-corrected chi connectivity index (χ2v) is 9.05. The molecule has 2 aromatic rings. The van der Waals surface area contributed by atoms with Crippen LogP contribution in [0, 0.1) is 0 Å². The van der Waals surface area contributed by atoms with Crippen LogP contribution in [-0.2, 0) is 20.9 Å². The van der Waals surface area contributed by atoms with Crippen LogP contribution in [0.5, 0.6) is 0 Å². The minimum atomic E-state index is -1.07. The van der Waals surface area contributed by atoms with Crippen molar-refractivity contribution < 1.29 is 29.0 Å². The van der Waals surface area contributed by atoms with Crippen molar-refractivity contribution in [3.8, 4) is 0 Å². The molecule has 0 aromatic heterocycles. The molecular formula is C26H35N3O6. The number of aliphatic hydroxyl groups is 1. The van der Waals surface area contributed by atoms with E-state index in [0.29, 0.717) is 12.0 Å². The molecule has 9 heteroatoms. The highest BCUT2D eigenvalue weighted by Gasteiger charge is 2.37. The van der Waals surface area contributed by atoms with Crippen molar-refractivity contribution in [3.05, 3.63) is 71.8 Å². The summed E-state index contributed by atoms with van der Waals surface area (Å²) in [4.78, 5) is 38.7. The van der Waals surface area contributed by atoms with E-state index >= 15 is 0 Å². The molecule has 2 aromatic carbocycles. The van der Waals surface area contributed by atoms with E-state index in [1.54, 1.807) is 45.0 Å². The van der Waals surface area contributed by atoms with Gasteiger partial charge in [0.15, 0.2) is 0 Å². The van der Waals surface area contributed by atoms with E-state index in [9.17, 15) is 19.5 Å². The van der Waals surface area contributed by atoms with Gasteiger partial charge in [-0.3, -0.25) is 9.69 Å². The average Bonchev–Trinajstić information content (AvgIpc) is 2.81. The second kappa shape index (κ2) is 13.3. The van der Waals surface area contributed by atoms with Gasteiger partial charge in [-0.2, -0.15) is 0 Å². The Kier molecular flexibility index (Phi) is 10.5. The number of hydrogen-bond donors (Lipinski definition) is 3. The van der Waals surface area contributed by atoms with Gasteiger partial charge in [-0.25, -0.2) is 9.59 Å². The van der Waals surface area contributed by atoms with Crippen molar-refractivity contribution in [3.63, 3.8) is 0 Å². The number of ether oxygens (including phenoxy) is 2. The number of nitrogens with zero attached hydrogens (tertiary/aromatic N) is 1. The van der Waals surface area contributed by atoms with Gasteiger partial charge in [-0.15, -0.1) is 0 Å². The minimum absolute atomic E-state index is 0.137. The number of hydrogen-bond acceptors (Lipinski definition) is 6. The third kappa shape index (κ3) is 9.29. The van der Waals surface area contributed by atoms with Crippen molar-refractivity contribution in [1.29, 1.82) is 0 Å². The van der Waals surface area contributed by atoms with Crippen LogP contribution in [0.3, 0.4) is 0 Å². The number of rotatable bonds is 11. The molecule has 2 rings (SSSR count). The van der Waals surface area contributed by atoms with Crippen molar-refractivity contribution in [2.45, 2.75) is 57.9 Å². The quantitative estimate of drug-likeness (QED) is 0.418. The first-order valence-corrected chi connectivity index (χ1v) is 11.5. The standard InChI is InChI=1S/C26H35N3O6/c1-26(2,3)35-25(33)29(22(17-30)20-13-8-5-9-14-20)21(23(27)31)15-10-16-28-24(32)34-18-19-11-6-4-7-12-19/h4-9,11-14,21-22,30H,10,15-18H2,1-3H3,(H2,27,31)(H,28,32)/t21-,22+/m1/s1. The summed E-state index contributed by atoms with van der Waals surface area (Å²) in [5, 5.41) is 12.8. The van der Waals surface area contributed by atoms with E-state index in [0.717, 1.165) is 5.56 Å². The van der Waals surface area contributed by atoms with Crippen molar-refractivity contribution in [2.24, 2.45) is 5.73 Å². The SMILES string of the molecule is CC(C)(C)OC(=O)N([C@H](CCCNC(=O)OCc1ccccc1)C(N)=O)[C@@H](CO)c1ccccc1. The van der Waals surface area contributed by atoms with Crippen LogP contribution >= 0.6 is 0 Å². The lowest BCUT2D eigenvalue weighted by atomic mass is 10.0. The van der Waals surface area contributed by atoms with Gasteiger partial charge in [-0.1, -0.05) is 60.7 Å². The highest BCUT2D eigenvalue weighted by Crippen LogP contribution is 2.27. The van der Waals surface area contributed by atoms with Crippen molar-refractivity contribution >= 4 is 18.1 Å². The molecule has 0 aliphatic heterocycles. The largest absolute Gasteiger partial charge is 0.445 e. The van der Waals surface area contributed by atoms with Crippen molar-refractivity contribution in [1.82, 2.24) is 10.2 Å². The molecule has 0 saturated carbocycles. The van der Waals surface area contributed by atoms with Gasteiger partial charge < -0.3 is 25.6 Å². The maximum atomic E-state index is 13.1.